The first-order valence-corrected chi connectivity index (χ1v) is 7.21. The first-order chi connectivity index (χ1) is 8.61. The molecular formula is C12H14N2O3S. The van der Waals surface area contributed by atoms with Gasteiger partial charge < -0.3 is 4.42 Å². The van der Waals surface area contributed by atoms with E-state index in [0.29, 0.717) is 5.76 Å². The number of rotatable bonds is 5. The number of nitrogens with zero attached hydrogens (tertiary/aromatic N) is 1. The molecule has 1 aromatic heterocycles. The molecule has 2 aromatic rings. The van der Waals surface area contributed by atoms with Gasteiger partial charge in [-0.25, -0.2) is 18.1 Å². The molecule has 0 spiro atoms. The summed E-state index contributed by atoms with van der Waals surface area (Å²) in [5.74, 6) is 0.740. The molecular weight excluding hydrogens is 252 g/mol. The van der Waals surface area contributed by atoms with Crippen molar-refractivity contribution in [3.05, 3.63) is 42.4 Å². The van der Waals surface area contributed by atoms with Crippen LogP contribution in [-0.2, 0) is 16.6 Å². The third kappa shape index (κ3) is 3.18. The number of oxazole rings is 1. The first kappa shape index (κ1) is 12.8. The highest BCUT2D eigenvalue weighted by Crippen LogP contribution is 2.19. The van der Waals surface area contributed by atoms with Crippen molar-refractivity contribution in [3.63, 3.8) is 0 Å². The molecule has 0 atom stereocenters. The summed E-state index contributed by atoms with van der Waals surface area (Å²) in [5.41, 5.74) is 1.75. The van der Waals surface area contributed by atoms with Crippen molar-refractivity contribution in [1.82, 2.24) is 9.71 Å². The van der Waals surface area contributed by atoms with Crippen molar-refractivity contribution >= 4 is 10.0 Å². The van der Waals surface area contributed by atoms with Crippen LogP contribution in [0.1, 0.15) is 12.5 Å². The Balaban J connectivity index is 2.14. The summed E-state index contributed by atoms with van der Waals surface area (Å²) >= 11 is 0. The average Bonchev–Trinajstić information content (AvgIpc) is 2.91. The molecule has 96 valence electrons. The van der Waals surface area contributed by atoms with E-state index in [4.69, 9.17) is 4.42 Å². The summed E-state index contributed by atoms with van der Waals surface area (Å²) in [7, 11) is -3.17. The Labute approximate surface area is 106 Å². The molecule has 2 rings (SSSR count). The predicted octanol–water partition coefficient (Wildman–Crippen LogP) is 1.78. The standard InChI is InChI=1S/C12H14N2O3S/c1-2-18(15,16)14-7-10-4-3-5-11(6-10)12-8-13-9-17-12/h3-6,8-9,14H,2,7H2,1H3. The van der Waals surface area contributed by atoms with Gasteiger partial charge in [-0.3, -0.25) is 0 Å². The van der Waals surface area contributed by atoms with Gasteiger partial charge in [-0.05, 0) is 18.6 Å². The number of sulfonamides is 1. The summed E-state index contributed by atoms with van der Waals surface area (Å²) in [4.78, 5) is 3.85. The molecule has 0 saturated heterocycles. The molecule has 6 heteroatoms. The van der Waals surface area contributed by atoms with Crippen LogP contribution in [0.25, 0.3) is 11.3 Å². The number of benzene rings is 1. The van der Waals surface area contributed by atoms with E-state index in [-0.39, 0.29) is 12.3 Å². The second-order valence-electron chi connectivity index (χ2n) is 3.79. The SMILES string of the molecule is CCS(=O)(=O)NCc1cccc(-c2cnco2)c1. The Morgan fingerprint density at radius 3 is 2.89 bits per heavy atom. The zero-order valence-corrected chi connectivity index (χ0v) is 10.8. The van der Waals surface area contributed by atoms with E-state index in [9.17, 15) is 8.42 Å². The topological polar surface area (TPSA) is 72.2 Å². The zero-order valence-electron chi connectivity index (χ0n) is 9.96. The molecule has 0 aliphatic carbocycles. The quantitative estimate of drug-likeness (QED) is 0.895. The maximum Gasteiger partial charge on any atom is 0.211 e. The normalized spacial score (nSPS) is 11.6. The lowest BCUT2D eigenvalue weighted by Crippen LogP contribution is -2.24. The van der Waals surface area contributed by atoms with E-state index in [0.717, 1.165) is 11.1 Å². The smallest absolute Gasteiger partial charge is 0.211 e. The fourth-order valence-corrected chi connectivity index (χ4v) is 2.08. The Bertz CT molecular complexity index is 606. The lowest BCUT2D eigenvalue weighted by atomic mass is 10.1. The van der Waals surface area contributed by atoms with Gasteiger partial charge in [-0.15, -0.1) is 0 Å². The summed E-state index contributed by atoms with van der Waals surface area (Å²) in [6.45, 7) is 1.88. The molecule has 0 saturated carbocycles. The molecule has 0 bridgehead atoms. The molecule has 1 N–H and O–H groups in total. The van der Waals surface area contributed by atoms with Crippen LogP contribution in [0.4, 0.5) is 0 Å². The monoisotopic (exact) mass is 266 g/mol. The largest absolute Gasteiger partial charge is 0.444 e. The van der Waals surface area contributed by atoms with Gasteiger partial charge >= 0.3 is 0 Å². The van der Waals surface area contributed by atoms with E-state index in [1.807, 2.05) is 24.3 Å². The third-order valence-corrected chi connectivity index (χ3v) is 3.86. The maximum atomic E-state index is 11.3. The second kappa shape index (κ2) is 5.32. The molecule has 5 nitrogen and oxygen atoms in total. The van der Waals surface area contributed by atoms with Crippen LogP contribution < -0.4 is 4.72 Å². The molecule has 0 amide bonds. The van der Waals surface area contributed by atoms with Gasteiger partial charge in [-0.1, -0.05) is 18.2 Å². The van der Waals surface area contributed by atoms with Crippen molar-refractivity contribution in [1.29, 1.82) is 0 Å². The van der Waals surface area contributed by atoms with Crippen LogP contribution >= 0.6 is 0 Å². The Kier molecular flexibility index (Phi) is 3.78. The van der Waals surface area contributed by atoms with Crippen LogP contribution in [0.5, 0.6) is 0 Å². The van der Waals surface area contributed by atoms with Crippen LogP contribution in [0.15, 0.2) is 41.3 Å². The molecule has 0 unspecified atom stereocenters. The zero-order chi connectivity index (χ0) is 13.0. The Hall–Kier alpha value is -1.66. The second-order valence-corrected chi connectivity index (χ2v) is 5.89. The van der Waals surface area contributed by atoms with Gasteiger partial charge in [0.05, 0.1) is 11.9 Å². The number of hydrogen-bond acceptors (Lipinski definition) is 4. The van der Waals surface area contributed by atoms with Crippen molar-refractivity contribution in [2.45, 2.75) is 13.5 Å². The fraction of sp³-hybridized carbons (Fsp3) is 0.250. The first-order valence-electron chi connectivity index (χ1n) is 5.56. The molecule has 0 aliphatic heterocycles. The number of aromatic nitrogens is 1. The van der Waals surface area contributed by atoms with E-state index >= 15 is 0 Å². The van der Waals surface area contributed by atoms with Crippen LogP contribution in [-0.4, -0.2) is 19.2 Å². The minimum atomic E-state index is -3.17. The summed E-state index contributed by atoms with van der Waals surface area (Å²) in [6.07, 6.45) is 2.98. The third-order valence-electron chi connectivity index (χ3n) is 2.52. The van der Waals surface area contributed by atoms with E-state index in [2.05, 4.69) is 9.71 Å². The average molecular weight is 266 g/mol. The highest BCUT2D eigenvalue weighted by molar-refractivity contribution is 7.89. The van der Waals surface area contributed by atoms with Gasteiger partial charge in [0.15, 0.2) is 12.2 Å². The van der Waals surface area contributed by atoms with E-state index < -0.39 is 10.0 Å². The van der Waals surface area contributed by atoms with Crippen molar-refractivity contribution in [2.75, 3.05) is 5.75 Å². The number of hydrogen-bond donors (Lipinski definition) is 1. The van der Waals surface area contributed by atoms with Crippen LogP contribution in [0.3, 0.4) is 0 Å². The summed E-state index contributed by atoms with van der Waals surface area (Å²) in [5, 5.41) is 0. The van der Waals surface area contributed by atoms with E-state index in [1.165, 1.54) is 6.39 Å². The molecule has 18 heavy (non-hydrogen) atoms. The predicted molar refractivity (Wildman–Crippen MR) is 68.2 cm³/mol. The highest BCUT2D eigenvalue weighted by Gasteiger charge is 2.07. The van der Waals surface area contributed by atoms with Gasteiger partial charge in [0.25, 0.3) is 0 Å². The van der Waals surface area contributed by atoms with Crippen molar-refractivity contribution < 1.29 is 12.8 Å². The van der Waals surface area contributed by atoms with Crippen LogP contribution in [0, 0.1) is 0 Å². The van der Waals surface area contributed by atoms with E-state index in [1.54, 1.807) is 13.1 Å². The Morgan fingerprint density at radius 2 is 2.22 bits per heavy atom. The minimum Gasteiger partial charge on any atom is -0.444 e. The molecule has 0 radical (unpaired) electrons. The van der Waals surface area contributed by atoms with Gasteiger partial charge in [0, 0.05) is 12.1 Å². The summed E-state index contributed by atoms with van der Waals surface area (Å²) < 4.78 is 30.4. The maximum absolute atomic E-state index is 11.3. The highest BCUT2D eigenvalue weighted by atomic mass is 32.2. The lowest BCUT2D eigenvalue weighted by Gasteiger charge is -2.05. The van der Waals surface area contributed by atoms with Crippen LogP contribution in [0.2, 0.25) is 0 Å². The minimum absolute atomic E-state index is 0.0782. The van der Waals surface area contributed by atoms with Crippen molar-refractivity contribution in [3.8, 4) is 11.3 Å². The van der Waals surface area contributed by atoms with Gasteiger partial charge in [0.1, 0.15) is 0 Å². The van der Waals surface area contributed by atoms with Gasteiger partial charge in [-0.2, -0.15) is 0 Å². The molecule has 1 aromatic carbocycles. The fourth-order valence-electron chi connectivity index (χ4n) is 1.49. The van der Waals surface area contributed by atoms with Crippen molar-refractivity contribution in [2.24, 2.45) is 0 Å². The molecule has 0 fully saturated rings. The number of nitrogens with one attached hydrogen (secondary N) is 1. The Morgan fingerprint density at radius 1 is 1.39 bits per heavy atom. The molecule has 1 heterocycles. The molecule has 0 aliphatic rings. The lowest BCUT2D eigenvalue weighted by molar-refractivity contribution is 0.572. The summed E-state index contributed by atoms with van der Waals surface area (Å²) in [6, 6.07) is 7.47. The van der Waals surface area contributed by atoms with Gasteiger partial charge in [0.2, 0.25) is 10.0 Å².